The molecule has 1 amide bonds. The number of fused-ring (bicyclic) bond motifs is 2. The summed E-state index contributed by atoms with van der Waals surface area (Å²) in [5, 5.41) is 5.82. The zero-order valence-corrected chi connectivity index (χ0v) is 19.5. The molecule has 0 radical (unpaired) electrons. The normalized spacial score (nSPS) is 22.0. The standard InChI is InChI=1S/C24H19Cl2F2N5O/c1-33-10-14-9-24(14,11-33)6-5-13-7-19-15(8-18(13)32-23(34)21(26)28)22(30-12-29-19)31-17-4-2-3-16(25)20(17)27/h2-4,7-8,12,14,21H,9-11H2,1H3,(H,32,34)(H,29,30,31)/t14-,21?,24+/m1/s1. The molecule has 3 aromatic rings. The van der Waals surface area contributed by atoms with Gasteiger partial charge in [-0.2, -0.15) is 0 Å². The largest absolute Gasteiger partial charge is 0.337 e. The van der Waals surface area contributed by atoms with Gasteiger partial charge in [0.05, 0.1) is 27.5 Å². The van der Waals surface area contributed by atoms with Crippen molar-refractivity contribution >= 4 is 57.2 Å². The van der Waals surface area contributed by atoms with Crippen molar-refractivity contribution in [1.29, 1.82) is 0 Å². The fourth-order valence-electron chi connectivity index (χ4n) is 4.45. The van der Waals surface area contributed by atoms with Crippen LogP contribution in [0.2, 0.25) is 5.02 Å². The molecule has 2 fully saturated rings. The van der Waals surface area contributed by atoms with E-state index in [4.69, 9.17) is 23.2 Å². The predicted molar refractivity (Wildman–Crippen MR) is 129 cm³/mol. The zero-order chi connectivity index (χ0) is 24.0. The molecule has 3 atom stereocenters. The third-order valence-electron chi connectivity index (χ3n) is 6.20. The van der Waals surface area contributed by atoms with Crippen LogP contribution >= 0.6 is 23.2 Å². The second-order valence-electron chi connectivity index (χ2n) is 8.66. The lowest BCUT2D eigenvalue weighted by Crippen LogP contribution is -2.20. The van der Waals surface area contributed by atoms with Gasteiger partial charge in [0.25, 0.3) is 11.5 Å². The number of hydrogen-bond acceptors (Lipinski definition) is 5. The van der Waals surface area contributed by atoms with E-state index in [0.717, 1.165) is 19.5 Å². The van der Waals surface area contributed by atoms with Crippen molar-refractivity contribution < 1.29 is 13.6 Å². The number of alkyl halides is 2. The van der Waals surface area contributed by atoms with Crippen LogP contribution in [0.15, 0.2) is 36.7 Å². The molecule has 2 aliphatic rings. The average Bonchev–Trinajstić information content (AvgIpc) is 3.36. The minimum Gasteiger partial charge on any atom is -0.337 e. The molecule has 0 spiro atoms. The molecule has 5 rings (SSSR count). The van der Waals surface area contributed by atoms with E-state index in [1.807, 2.05) is 0 Å². The van der Waals surface area contributed by atoms with Crippen LogP contribution in [-0.2, 0) is 4.79 Å². The molecule has 34 heavy (non-hydrogen) atoms. The summed E-state index contributed by atoms with van der Waals surface area (Å²) in [5.41, 5.74) is -0.905. The van der Waals surface area contributed by atoms with Gasteiger partial charge in [0, 0.05) is 23.9 Å². The number of carbonyl (C=O) groups excluding carboxylic acids is 1. The van der Waals surface area contributed by atoms with Crippen LogP contribution in [0.1, 0.15) is 12.0 Å². The minimum atomic E-state index is -2.23. The highest BCUT2D eigenvalue weighted by Gasteiger charge is 2.58. The molecule has 6 nitrogen and oxygen atoms in total. The van der Waals surface area contributed by atoms with Crippen LogP contribution in [-0.4, -0.2) is 46.5 Å². The Bertz CT molecular complexity index is 1370. The Labute approximate surface area is 204 Å². The molecule has 1 aliphatic heterocycles. The molecular formula is C24H19Cl2F2N5O. The average molecular weight is 502 g/mol. The number of rotatable bonds is 4. The Hall–Kier alpha value is -2.99. The Morgan fingerprint density at radius 1 is 1.32 bits per heavy atom. The van der Waals surface area contributed by atoms with Crippen molar-refractivity contribution in [2.75, 3.05) is 30.8 Å². The third kappa shape index (κ3) is 4.27. The minimum absolute atomic E-state index is 0.0414. The van der Waals surface area contributed by atoms with Crippen molar-refractivity contribution in [3.8, 4) is 11.8 Å². The first-order valence-corrected chi connectivity index (χ1v) is 11.4. The summed E-state index contributed by atoms with van der Waals surface area (Å²) in [6, 6.07) is 7.81. The van der Waals surface area contributed by atoms with E-state index < -0.39 is 17.4 Å². The van der Waals surface area contributed by atoms with Crippen molar-refractivity contribution in [2.45, 2.75) is 12.1 Å². The molecule has 1 unspecified atom stereocenters. The van der Waals surface area contributed by atoms with Crippen molar-refractivity contribution in [3.05, 3.63) is 53.1 Å². The molecule has 2 N–H and O–H groups in total. The third-order valence-corrected chi connectivity index (χ3v) is 6.69. The number of piperidine rings is 1. The lowest BCUT2D eigenvalue weighted by Gasteiger charge is -2.13. The van der Waals surface area contributed by atoms with E-state index in [1.165, 1.54) is 18.5 Å². The Morgan fingerprint density at radius 2 is 2.15 bits per heavy atom. The van der Waals surface area contributed by atoms with E-state index in [0.29, 0.717) is 22.4 Å². The molecule has 1 aliphatic carbocycles. The molecule has 0 bridgehead atoms. The Balaban J connectivity index is 1.57. The molecule has 1 saturated carbocycles. The van der Waals surface area contributed by atoms with E-state index in [1.54, 1.807) is 18.2 Å². The van der Waals surface area contributed by atoms with Gasteiger partial charge in [-0.15, -0.1) is 0 Å². The summed E-state index contributed by atoms with van der Waals surface area (Å²) >= 11 is 11.2. The summed E-state index contributed by atoms with van der Waals surface area (Å²) < 4.78 is 27.9. The number of amides is 1. The molecule has 2 aromatic carbocycles. The maximum absolute atomic E-state index is 14.4. The van der Waals surface area contributed by atoms with E-state index >= 15 is 0 Å². The summed E-state index contributed by atoms with van der Waals surface area (Å²) in [6.45, 7) is 1.89. The van der Waals surface area contributed by atoms with E-state index in [-0.39, 0.29) is 27.6 Å². The Kier molecular flexibility index (Phi) is 5.80. The van der Waals surface area contributed by atoms with Gasteiger partial charge in [-0.05, 0) is 43.7 Å². The first-order chi connectivity index (χ1) is 16.3. The van der Waals surface area contributed by atoms with Crippen LogP contribution in [0, 0.1) is 29.0 Å². The maximum Gasteiger partial charge on any atom is 0.274 e. The van der Waals surface area contributed by atoms with Gasteiger partial charge < -0.3 is 15.5 Å². The number of hydrogen-bond donors (Lipinski definition) is 2. The van der Waals surface area contributed by atoms with Crippen molar-refractivity contribution in [3.63, 3.8) is 0 Å². The summed E-state index contributed by atoms with van der Waals surface area (Å²) in [7, 11) is 2.06. The zero-order valence-electron chi connectivity index (χ0n) is 18.0. The van der Waals surface area contributed by atoms with Crippen LogP contribution in [0.4, 0.5) is 26.0 Å². The fraction of sp³-hybridized carbons (Fsp3) is 0.292. The summed E-state index contributed by atoms with van der Waals surface area (Å²) in [6.07, 6.45) is 2.37. The number of anilines is 3. The number of nitrogens with one attached hydrogen (secondary N) is 2. The van der Waals surface area contributed by atoms with Gasteiger partial charge in [-0.3, -0.25) is 4.79 Å². The number of aromatic nitrogens is 2. The number of carbonyl (C=O) groups is 1. The molecule has 10 heteroatoms. The molecule has 1 saturated heterocycles. The lowest BCUT2D eigenvalue weighted by molar-refractivity contribution is -0.118. The topological polar surface area (TPSA) is 70.2 Å². The SMILES string of the molecule is CN1C[C@H]2C[C@@]2(C#Cc2cc3ncnc(Nc4cccc(Cl)c4F)c3cc2NC(=O)C(F)Cl)C1. The highest BCUT2D eigenvalue weighted by Crippen LogP contribution is 2.56. The number of nitrogens with zero attached hydrogens (tertiary/aromatic N) is 3. The van der Waals surface area contributed by atoms with Gasteiger partial charge >= 0.3 is 0 Å². The van der Waals surface area contributed by atoms with Crippen LogP contribution in [0.25, 0.3) is 10.9 Å². The monoisotopic (exact) mass is 501 g/mol. The smallest absolute Gasteiger partial charge is 0.274 e. The first kappa shape index (κ1) is 22.8. The molecule has 2 heterocycles. The predicted octanol–water partition coefficient (Wildman–Crippen LogP) is 4.94. The van der Waals surface area contributed by atoms with Gasteiger partial charge in [0.1, 0.15) is 12.1 Å². The second kappa shape index (κ2) is 8.66. The summed E-state index contributed by atoms with van der Waals surface area (Å²) in [4.78, 5) is 22.8. The Morgan fingerprint density at radius 3 is 2.88 bits per heavy atom. The molecular weight excluding hydrogens is 483 g/mol. The highest BCUT2D eigenvalue weighted by molar-refractivity contribution is 6.31. The maximum atomic E-state index is 14.4. The quantitative estimate of drug-likeness (QED) is 0.391. The van der Waals surface area contributed by atoms with Gasteiger partial charge in [0.15, 0.2) is 5.82 Å². The molecule has 1 aromatic heterocycles. The first-order valence-electron chi connectivity index (χ1n) is 10.6. The fourth-order valence-corrected chi connectivity index (χ4v) is 4.67. The van der Waals surface area contributed by atoms with E-state index in [2.05, 4.69) is 44.4 Å². The number of halogens is 4. The van der Waals surface area contributed by atoms with E-state index in [9.17, 15) is 13.6 Å². The van der Waals surface area contributed by atoms with Crippen LogP contribution < -0.4 is 10.6 Å². The van der Waals surface area contributed by atoms with Crippen molar-refractivity contribution in [2.24, 2.45) is 11.3 Å². The van der Waals surface area contributed by atoms with Gasteiger partial charge in [0.2, 0.25) is 0 Å². The lowest BCUT2D eigenvalue weighted by atomic mass is 10.0. The summed E-state index contributed by atoms with van der Waals surface area (Å²) in [5.74, 6) is 5.70. The van der Waals surface area contributed by atoms with Crippen LogP contribution in [0.5, 0.6) is 0 Å². The van der Waals surface area contributed by atoms with Crippen molar-refractivity contribution in [1.82, 2.24) is 14.9 Å². The van der Waals surface area contributed by atoms with Gasteiger partial charge in [-0.25, -0.2) is 18.7 Å². The van der Waals surface area contributed by atoms with Crippen LogP contribution in [0.3, 0.4) is 0 Å². The number of benzene rings is 2. The highest BCUT2D eigenvalue weighted by atomic mass is 35.5. The molecule has 174 valence electrons. The van der Waals surface area contributed by atoms with Gasteiger partial charge in [-0.1, -0.05) is 41.1 Å². The second-order valence-corrected chi connectivity index (χ2v) is 9.45. The number of likely N-dealkylation sites (tertiary alicyclic amines) is 1.